The van der Waals surface area contributed by atoms with Crippen molar-refractivity contribution in [3.05, 3.63) is 99.5 Å². The minimum absolute atomic E-state index is 0.298. The van der Waals surface area contributed by atoms with E-state index in [2.05, 4.69) is 17.4 Å². The normalized spacial score (nSPS) is 10.4. The largest absolute Gasteiger partial charge is 0.489 e. The Kier molecular flexibility index (Phi) is 6.51. The lowest BCUT2D eigenvalue weighted by atomic mass is 10.2. The van der Waals surface area contributed by atoms with Crippen molar-refractivity contribution in [3.8, 4) is 5.75 Å². The van der Waals surface area contributed by atoms with Crippen molar-refractivity contribution in [1.82, 2.24) is 5.32 Å². The van der Waals surface area contributed by atoms with E-state index in [-0.39, 0.29) is 0 Å². The van der Waals surface area contributed by atoms with Crippen LogP contribution in [0.2, 0.25) is 10.0 Å². The second-order valence-corrected chi connectivity index (χ2v) is 6.91. The van der Waals surface area contributed by atoms with E-state index in [4.69, 9.17) is 40.2 Å². The van der Waals surface area contributed by atoms with E-state index in [9.17, 15) is 0 Å². The quantitative estimate of drug-likeness (QED) is 0.508. The number of halogens is 2. The van der Waals surface area contributed by atoms with Crippen molar-refractivity contribution in [3.63, 3.8) is 0 Å². The Morgan fingerprint density at radius 1 is 0.885 bits per heavy atom. The SMILES string of the molecule is S=C(NCc1ccccc1)c1cccc(OCc2c(Cl)cccc2Cl)c1. The van der Waals surface area contributed by atoms with E-state index in [1.807, 2.05) is 48.5 Å². The highest BCUT2D eigenvalue weighted by atomic mass is 35.5. The number of rotatable bonds is 6. The fourth-order valence-corrected chi connectivity index (χ4v) is 3.14. The molecule has 0 heterocycles. The van der Waals surface area contributed by atoms with E-state index in [1.54, 1.807) is 12.1 Å². The van der Waals surface area contributed by atoms with Crippen LogP contribution in [0.1, 0.15) is 16.7 Å². The molecule has 0 aliphatic heterocycles. The molecule has 0 bridgehead atoms. The van der Waals surface area contributed by atoms with Crippen LogP contribution in [0.5, 0.6) is 5.75 Å². The van der Waals surface area contributed by atoms with Gasteiger partial charge in [0.1, 0.15) is 17.3 Å². The second kappa shape index (κ2) is 9.04. The van der Waals surface area contributed by atoms with Crippen molar-refractivity contribution in [2.75, 3.05) is 0 Å². The van der Waals surface area contributed by atoms with Crippen LogP contribution in [0.3, 0.4) is 0 Å². The maximum Gasteiger partial charge on any atom is 0.120 e. The Balaban J connectivity index is 1.63. The van der Waals surface area contributed by atoms with Crippen molar-refractivity contribution >= 4 is 40.4 Å². The van der Waals surface area contributed by atoms with Crippen molar-refractivity contribution in [2.45, 2.75) is 13.2 Å². The van der Waals surface area contributed by atoms with Crippen LogP contribution < -0.4 is 10.1 Å². The zero-order valence-corrected chi connectivity index (χ0v) is 16.2. The third kappa shape index (κ3) is 4.98. The summed E-state index contributed by atoms with van der Waals surface area (Å²) in [6, 6.07) is 23.2. The molecule has 132 valence electrons. The molecule has 0 saturated heterocycles. The fourth-order valence-electron chi connectivity index (χ4n) is 2.43. The maximum atomic E-state index is 6.18. The highest BCUT2D eigenvalue weighted by molar-refractivity contribution is 7.80. The number of thiocarbonyl (C=S) groups is 1. The van der Waals surface area contributed by atoms with Crippen molar-refractivity contribution in [2.24, 2.45) is 0 Å². The third-order valence-corrected chi connectivity index (χ3v) is 4.93. The van der Waals surface area contributed by atoms with Crippen LogP contribution in [0.15, 0.2) is 72.8 Å². The molecule has 0 atom stereocenters. The molecule has 0 amide bonds. The zero-order valence-electron chi connectivity index (χ0n) is 13.9. The van der Waals surface area contributed by atoms with Gasteiger partial charge in [0, 0.05) is 27.7 Å². The first kappa shape index (κ1) is 18.7. The summed E-state index contributed by atoms with van der Waals surface area (Å²) in [4.78, 5) is 0.676. The molecule has 3 aromatic carbocycles. The summed E-state index contributed by atoms with van der Waals surface area (Å²) in [7, 11) is 0. The molecule has 0 saturated carbocycles. The van der Waals surface area contributed by atoms with Crippen LogP contribution >= 0.6 is 35.4 Å². The van der Waals surface area contributed by atoms with Gasteiger partial charge in [0.05, 0.1) is 0 Å². The summed E-state index contributed by atoms with van der Waals surface area (Å²) >= 11 is 17.9. The first-order valence-corrected chi connectivity index (χ1v) is 9.28. The predicted octanol–water partition coefficient (Wildman–Crippen LogP) is 6.04. The van der Waals surface area contributed by atoms with Gasteiger partial charge >= 0.3 is 0 Å². The smallest absolute Gasteiger partial charge is 0.120 e. The lowest BCUT2D eigenvalue weighted by molar-refractivity contribution is 0.306. The Hall–Kier alpha value is -2.07. The van der Waals surface area contributed by atoms with E-state index < -0.39 is 0 Å². The van der Waals surface area contributed by atoms with Crippen LogP contribution in [-0.2, 0) is 13.2 Å². The summed E-state index contributed by atoms with van der Waals surface area (Å²) < 4.78 is 5.85. The average molecular weight is 402 g/mol. The molecule has 0 fully saturated rings. The molecular weight excluding hydrogens is 385 g/mol. The van der Waals surface area contributed by atoms with Gasteiger partial charge in [0.2, 0.25) is 0 Å². The molecule has 1 N–H and O–H groups in total. The number of ether oxygens (including phenoxy) is 1. The molecule has 0 aliphatic carbocycles. The maximum absolute atomic E-state index is 6.18. The number of hydrogen-bond donors (Lipinski definition) is 1. The van der Waals surface area contributed by atoms with Crippen LogP contribution in [0.25, 0.3) is 0 Å². The van der Waals surface area contributed by atoms with Gasteiger partial charge in [-0.3, -0.25) is 0 Å². The Morgan fingerprint density at radius 3 is 2.31 bits per heavy atom. The molecule has 0 aromatic heterocycles. The molecule has 3 rings (SSSR count). The van der Waals surface area contributed by atoms with Gasteiger partial charge in [-0.1, -0.05) is 84.0 Å². The van der Waals surface area contributed by atoms with Gasteiger partial charge in [-0.2, -0.15) is 0 Å². The standard InChI is InChI=1S/C21H17Cl2NOS/c22-19-10-5-11-20(23)18(19)14-25-17-9-4-8-16(12-17)21(26)24-13-15-6-2-1-3-7-15/h1-12H,13-14H2,(H,24,26). The second-order valence-electron chi connectivity index (χ2n) is 5.68. The molecule has 0 spiro atoms. The number of nitrogens with one attached hydrogen (secondary N) is 1. The fraction of sp³-hybridized carbons (Fsp3) is 0.0952. The average Bonchev–Trinajstić information content (AvgIpc) is 2.67. The molecule has 0 aliphatic rings. The Morgan fingerprint density at radius 2 is 1.58 bits per heavy atom. The molecule has 5 heteroatoms. The van der Waals surface area contributed by atoms with Gasteiger partial charge in [0.25, 0.3) is 0 Å². The summed E-state index contributed by atoms with van der Waals surface area (Å²) in [5.41, 5.74) is 2.85. The van der Waals surface area contributed by atoms with Gasteiger partial charge in [-0.05, 0) is 29.8 Å². The number of hydrogen-bond acceptors (Lipinski definition) is 2. The minimum atomic E-state index is 0.298. The zero-order chi connectivity index (χ0) is 18.4. The minimum Gasteiger partial charge on any atom is -0.489 e. The predicted molar refractivity (Wildman–Crippen MR) is 112 cm³/mol. The van der Waals surface area contributed by atoms with Gasteiger partial charge < -0.3 is 10.1 Å². The van der Waals surface area contributed by atoms with E-state index in [0.717, 1.165) is 11.1 Å². The topological polar surface area (TPSA) is 21.3 Å². The van der Waals surface area contributed by atoms with E-state index >= 15 is 0 Å². The van der Waals surface area contributed by atoms with Gasteiger partial charge in [-0.15, -0.1) is 0 Å². The van der Waals surface area contributed by atoms with Gasteiger partial charge in [0.15, 0.2) is 0 Å². The van der Waals surface area contributed by atoms with Gasteiger partial charge in [-0.25, -0.2) is 0 Å². The molecular formula is C21H17Cl2NOS. The summed E-state index contributed by atoms with van der Waals surface area (Å²) in [6.07, 6.45) is 0. The molecule has 0 unspecified atom stereocenters. The Labute approximate surface area is 168 Å². The summed E-state index contributed by atoms with van der Waals surface area (Å²) in [5.74, 6) is 0.711. The monoisotopic (exact) mass is 401 g/mol. The highest BCUT2D eigenvalue weighted by Crippen LogP contribution is 2.26. The van der Waals surface area contributed by atoms with E-state index in [0.29, 0.717) is 33.9 Å². The third-order valence-electron chi connectivity index (χ3n) is 3.84. The number of benzene rings is 3. The van der Waals surface area contributed by atoms with Crippen LogP contribution in [0.4, 0.5) is 0 Å². The van der Waals surface area contributed by atoms with Crippen molar-refractivity contribution < 1.29 is 4.74 Å². The lowest BCUT2D eigenvalue weighted by Crippen LogP contribution is -2.21. The van der Waals surface area contributed by atoms with Crippen LogP contribution in [0, 0.1) is 0 Å². The molecule has 2 nitrogen and oxygen atoms in total. The molecule has 3 aromatic rings. The lowest BCUT2D eigenvalue weighted by Gasteiger charge is -2.12. The van der Waals surface area contributed by atoms with Crippen molar-refractivity contribution in [1.29, 1.82) is 0 Å². The first-order chi connectivity index (χ1) is 12.6. The Bertz CT molecular complexity index is 879. The summed E-state index contributed by atoms with van der Waals surface area (Å²) in [6.45, 7) is 0.978. The van der Waals surface area contributed by atoms with Crippen LogP contribution in [-0.4, -0.2) is 4.99 Å². The highest BCUT2D eigenvalue weighted by Gasteiger charge is 2.08. The first-order valence-electron chi connectivity index (χ1n) is 8.11. The molecule has 26 heavy (non-hydrogen) atoms. The molecule has 0 radical (unpaired) electrons. The van der Waals surface area contributed by atoms with E-state index in [1.165, 1.54) is 5.56 Å². The summed E-state index contributed by atoms with van der Waals surface area (Å²) in [5, 5.41) is 4.45.